The van der Waals surface area contributed by atoms with Gasteiger partial charge in [-0.3, -0.25) is 4.79 Å². The van der Waals surface area contributed by atoms with Crippen LogP contribution in [0.3, 0.4) is 0 Å². The van der Waals surface area contributed by atoms with Crippen molar-refractivity contribution < 1.29 is 27.4 Å². The Kier molecular flexibility index (Phi) is 3.77. The van der Waals surface area contributed by atoms with Gasteiger partial charge in [-0.25, -0.2) is 0 Å². The zero-order chi connectivity index (χ0) is 15.0. The molecule has 0 bridgehead atoms. The fourth-order valence-corrected chi connectivity index (χ4v) is 2.04. The molecule has 1 aliphatic rings. The van der Waals surface area contributed by atoms with E-state index in [1.165, 1.54) is 0 Å². The van der Waals surface area contributed by atoms with Gasteiger partial charge in [-0.15, -0.1) is 0 Å². The third-order valence-electron chi connectivity index (χ3n) is 3.12. The van der Waals surface area contributed by atoms with E-state index in [2.05, 4.69) is 4.74 Å². The van der Waals surface area contributed by atoms with E-state index in [4.69, 9.17) is 4.74 Å². The first kappa shape index (κ1) is 14.8. The van der Waals surface area contributed by atoms with Crippen molar-refractivity contribution in [1.29, 1.82) is 0 Å². The molecule has 110 valence electrons. The number of Topliss-reactive ketones (excluding diaryl/α,β-unsaturated/α-hetero) is 1. The number of hydrogen-bond donors (Lipinski definition) is 0. The van der Waals surface area contributed by atoms with Gasteiger partial charge in [0.2, 0.25) is 0 Å². The summed E-state index contributed by atoms with van der Waals surface area (Å²) in [6.07, 6.45) is -4.42. The van der Waals surface area contributed by atoms with Crippen LogP contribution in [0.25, 0.3) is 0 Å². The molecule has 1 aromatic rings. The molecule has 0 saturated carbocycles. The highest BCUT2D eigenvalue weighted by Gasteiger charge is 2.32. The lowest BCUT2D eigenvalue weighted by molar-refractivity contribution is -0.170. The van der Waals surface area contributed by atoms with Gasteiger partial charge in [-0.05, 0) is 18.2 Å². The summed E-state index contributed by atoms with van der Waals surface area (Å²) in [7, 11) is 0. The molecule has 0 saturated heterocycles. The monoisotopic (exact) mass is 288 g/mol. The Morgan fingerprint density at radius 2 is 2.10 bits per heavy atom. The van der Waals surface area contributed by atoms with Gasteiger partial charge in [0.05, 0.1) is 6.61 Å². The van der Waals surface area contributed by atoms with Gasteiger partial charge in [-0.1, -0.05) is 13.8 Å². The summed E-state index contributed by atoms with van der Waals surface area (Å²) in [5.41, 5.74) is 1.02. The van der Waals surface area contributed by atoms with Crippen LogP contribution in [-0.4, -0.2) is 31.8 Å². The maximum atomic E-state index is 11.9. The van der Waals surface area contributed by atoms with E-state index >= 15 is 0 Å². The summed E-state index contributed by atoms with van der Waals surface area (Å²) in [4.78, 5) is 11.8. The van der Waals surface area contributed by atoms with Gasteiger partial charge in [0.15, 0.2) is 5.78 Å². The van der Waals surface area contributed by atoms with Gasteiger partial charge in [0, 0.05) is 16.5 Å². The average Bonchev–Trinajstić information content (AvgIpc) is 2.63. The Balaban J connectivity index is 2.05. The molecular formula is C14H15F3O3. The number of benzene rings is 1. The average molecular weight is 288 g/mol. The van der Waals surface area contributed by atoms with E-state index in [1.807, 2.05) is 13.8 Å². The second kappa shape index (κ2) is 5.09. The number of alkyl halides is 3. The molecule has 1 heterocycles. The van der Waals surface area contributed by atoms with Crippen LogP contribution in [-0.2, 0) is 10.2 Å². The topological polar surface area (TPSA) is 35.5 Å². The van der Waals surface area contributed by atoms with E-state index < -0.39 is 25.2 Å². The molecule has 0 unspecified atom stereocenters. The van der Waals surface area contributed by atoms with Crippen molar-refractivity contribution in [3.63, 3.8) is 0 Å². The first-order valence-corrected chi connectivity index (χ1v) is 6.14. The minimum absolute atomic E-state index is 0.210. The molecule has 0 radical (unpaired) electrons. The van der Waals surface area contributed by atoms with Crippen LogP contribution in [0, 0.1) is 0 Å². The fraction of sp³-hybridized carbons (Fsp3) is 0.500. The summed E-state index contributed by atoms with van der Waals surface area (Å²) >= 11 is 0. The molecule has 0 atom stereocenters. The molecule has 0 amide bonds. The highest BCUT2D eigenvalue weighted by Crippen LogP contribution is 2.38. The quantitative estimate of drug-likeness (QED) is 0.799. The smallest absolute Gasteiger partial charge is 0.411 e. The molecule has 1 aliphatic heterocycles. The van der Waals surface area contributed by atoms with E-state index in [9.17, 15) is 18.0 Å². The summed E-state index contributed by atoms with van der Waals surface area (Å²) in [5, 5.41) is 0. The minimum Gasteiger partial charge on any atom is -0.492 e. The summed E-state index contributed by atoms with van der Waals surface area (Å²) in [6.45, 7) is 2.48. The number of ketones is 1. The molecule has 0 N–H and O–H groups in total. The van der Waals surface area contributed by atoms with E-state index in [0.29, 0.717) is 17.9 Å². The minimum atomic E-state index is -4.42. The second-order valence-corrected chi connectivity index (χ2v) is 5.41. The number of carbonyl (C=O) groups is 1. The van der Waals surface area contributed by atoms with Crippen LogP contribution in [0.5, 0.6) is 5.75 Å². The Morgan fingerprint density at radius 3 is 2.75 bits per heavy atom. The number of halogens is 3. The largest absolute Gasteiger partial charge is 0.492 e. The fourth-order valence-electron chi connectivity index (χ4n) is 2.04. The van der Waals surface area contributed by atoms with Gasteiger partial charge in [0.25, 0.3) is 0 Å². The van der Waals surface area contributed by atoms with Gasteiger partial charge < -0.3 is 9.47 Å². The molecule has 20 heavy (non-hydrogen) atoms. The van der Waals surface area contributed by atoms with E-state index in [-0.39, 0.29) is 5.41 Å². The zero-order valence-corrected chi connectivity index (χ0v) is 11.2. The third-order valence-corrected chi connectivity index (χ3v) is 3.12. The number of ether oxygens (including phenoxy) is 2. The SMILES string of the molecule is CC1(C)COc2ccc(C(=O)COCC(F)(F)F)cc21. The molecule has 3 nitrogen and oxygen atoms in total. The normalized spacial score (nSPS) is 16.6. The van der Waals surface area contributed by atoms with Crippen LogP contribution in [0.1, 0.15) is 29.8 Å². The molecule has 6 heteroatoms. The Morgan fingerprint density at radius 1 is 1.40 bits per heavy atom. The van der Waals surface area contributed by atoms with Crippen molar-refractivity contribution in [3.8, 4) is 5.75 Å². The number of hydrogen-bond acceptors (Lipinski definition) is 3. The number of fused-ring (bicyclic) bond motifs is 1. The Hall–Kier alpha value is -1.56. The zero-order valence-electron chi connectivity index (χ0n) is 11.2. The number of carbonyl (C=O) groups excluding carboxylic acids is 1. The van der Waals surface area contributed by atoms with E-state index in [1.54, 1.807) is 18.2 Å². The summed E-state index contributed by atoms with van der Waals surface area (Å²) in [5.74, 6) is 0.238. The molecule has 0 aliphatic carbocycles. The molecule has 0 spiro atoms. The van der Waals surface area contributed by atoms with Crippen LogP contribution in [0.2, 0.25) is 0 Å². The van der Waals surface area contributed by atoms with Crippen molar-refractivity contribution in [1.82, 2.24) is 0 Å². The maximum Gasteiger partial charge on any atom is 0.411 e. The van der Waals surface area contributed by atoms with Crippen LogP contribution in [0.4, 0.5) is 13.2 Å². The standard InChI is InChI=1S/C14H15F3O3/c1-13(2)7-20-12-4-3-9(5-10(12)13)11(18)6-19-8-14(15,16)17/h3-5H,6-8H2,1-2H3. The van der Waals surface area contributed by atoms with Crippen molar-refractivity contribution in [3.05, 3.63) is 29.3 Å². The Bertz CT molecular complexity index is 521. The molecule has 0 aromatic heterocycles. The molecular weight excluding hydrogens is 273 g/mol. The summed E-state index contributed by atoms with van der Waals surface area (Å²) in [6, 6.07) is 4.88. The second-order valence-electron chi connectivity index (χ2n) is 5.41. The van der Waals surface area contributed by atoms with Gasteiger partial charge in [0.1, 0.15) is 19.0 Å². The van der Waals surface area contributed by atoms with Crippen LogP contribution in [0.15, 0.2) is 18.2 Å². The summed E-state index contributed by atoms with van der Waals surface area (Å²) < 4.78 is 45.7. The van der Waals surface area contributed by atoms with Crippen molar-refractivity contribution in [2.45, 2.75) is 25.4 Å². The van der Waals surface area contributed by atoms with Crippen LogP contribution >= 0.6 is 0 Å². The lowest BCUT2D eigenvalue weighted by atomic mass is 9.86. The Labute approximate surface area is 114 Å². The lowest BCUT2D eigenvalue weighted by Gasteiger charge is -2.15. The van der Waals surface area contributed by atoms with Gasteiger partial charge in [-0.2, -0.15) is 13.2 Å². The first-order valence-electron chi connectivity index (χ1n) is 6.14. The van der Waals surface area contributed by atoms with Crippen LogP contribution < -0.4 is 4.74 Å². The lowest BCUT2D eigenvalue weighted by Crippen LogP contribution is -2.21. The molecule has 2 rings (SSSR count). The first-order chi connectivity index (χ1) is 9.19. The molecule has 0 fully saturated rings. The van der Waals surface area contributed by atoms with Crippen molar-refractivity contribution in [2.75, 3.05) is 19.8 Å². The van der Waals surface area contributed by atoms with E-state index in [0.717, 1.165) is 5.56 Å². The maximum absolute atomic E-state index is 11.9. The highest BCUT2D eigenvalue weighted by molar-refractivity contribution is 5.97. The predicted octanol–water partition coefficient (Wildman–Crippen LogP) is 3.12. The number of rotatable bonds is 4. The van der Waals surface area contributed by atoms with Gasteiger partial charge >= 0.3 is 6.18 Å². The predicted molar refractivity (Wildman–Crippen MR) is 66.2 cm³/mol. The highest BCUT2D eigenvalue weighted by atomic mass is 19.4. The molecule has 1 aromatic carbocycles. The van der Waals surface area contributed by atoms with Crippen molar-refractivity contribution >= 4 is 5.78 Å². The van der Waals surface area contributed by atoms with Crippen molar-refractivity contribution in [2.24, 2.45) is 0 Å². The third kappa shape index (κ3) is 3.30.